The summed E-state index contributed by atoms with van der Waals surface area (Å²) in [6.07, 6.45) is 10.5. The van der Waals surface area contributed by atoms with Gasteiger partial charge in [0.25, 0.3) is 0 Å². The van der Waals surface area contributed by atoms with E-state index in [1.165, 1.54) is 38.5 Å². The summed E-state index contributed by atoms with van der Waals surface area (Å²) in [6, 6.07) is 13.8. The van der Waals surface area contributed by atoms with Gasteiger partial charge in [-0.05, 0) is 55.2 Å². The summed E-state index contributed by atoms with van der Waals surface area (Å²) in [5.41, 5.74) is 4.04. The smallest absolute Gasteiger partial charge is 0.227 e. The maximum atomic E-state index is 11.2. The molecule has 0 radical (unpaired) electrons. The van der Waals surface area contributed by atoms with E-state index >= 15 is 0 Å². The standard InChI is InChI=1S/C27H33NO3/c29-24(18-10-3-1-4-11-18)20-14-7-8-15-21(20)27-28-23-17-9-16-22(26(23)31-27)25(30)19-12-5-2-6-13-19/h7-9,14-19,24-25,29-30H,1-6,10-13H2. The number of aliphatic hydroxyl groups excluding tert-OH is 2. The molecule has 1 heterocycles. The van der Waals surface area contributed by atoms with Crippen LogP contribution in [-0.2, 0) is 0 Å². The molecule has 2 atom stereocenters. The number of aromatic nitrogens is 1. The van der Waals surface area contributed by atoms with Crippen LogP contribution in [0.15, 0.2) is 46.9 Å². The molecule has 2 fully saturated rings. The van der Waals surface area contributed by atoms with Gasteiger partial charge >= 0.3 is 0 Å². The molecule has 0 aliphatic heterocycles. The minimum absolute atomic E-state index is 0.285. The van der Waals surface area contributed by atoms with E-state index in [9.17, 15) is 10.2 Å². The van der Waals surface area contributed by atoms with E-state index in [0.29, 0.717) is 17.4 Å². The van der Waals surface area contributed by atoms with E-state index in [0.717, 1.165) is 47.9 Å². The number of nitrogens with zero attached hydrogens (tertiary/aromatic N) is 1. The summed E-state index contributed by atoms with van der Waals surface area (Å²) < 4.78 is 6.29. The van der Waals surface area contributed by atoms with Crippen LogP contribution in [0.1, 0.15) is 87.5 Å². The first-order valence-electron chi connectivity index (χ1n) is 12.1. The predicted octanol–water partition coefficient (Wildman–Crippen LogP) is 6.72. The van der Waals surface area contributed by atoms with Gasteiger partial charge in [0.05, 0.1) is 12.2 Å². The molecule has 164 valence electrons. The monoisotopic (exact) mass is 419 g/mol. The molecule has 0 saturated heterocycles. The van der Waals surface area contributed by atoms with Crippen molar-refractivity contribution in [2.24, 2.45) is 11.8 Å². The minimum Gasteiger partial charge on any atom is -0.436 e. The molecule has 2 aliphatic rings. The van der Waals surface area contributed by atoms with Gasteiger partial charge in [0.15, 0.2) is 5.58 Å². The van der Waals surface area contributed by atoms with E-state index in [1.54, 1.807) is 0 Å². The van der Waals surface area contributed by atoms with Crippen molar-refractivity contribution in [2.45, 2.75) is 76.4 Å². The number of rotatable bonds is 5. The van der Waals surface area contributed by atoms with E-state index in [4.69, 9.17) is 9.40 Å². The first-order chi connectivity index (χ1) is 15.2. The first-order valence-corrected chi connectivity index (χ1v) is 12.1. The van der Waals surface area contributed by atoms with Gasteiger partial charge in [-0.3, -0.25) is 0 Å². The Kier molecular flexibility index (Phi) is 6.10. The quantitative estimate of drug-likeness (QED) is 0.481. The molecule has 1 aromatic heterocycles. The first kappa shape index (κ1) is 20.7. The maximum Gasteiger partial charge on any atom is 0.227 e. The lowest BCUT2D eigenvalue weighted by Gasteiger charge is -2.27. The molecule has 5 rings (SSSR count). The van der Waals surface area contributed by atoms with Crippen molar-refractivity contribution in [1.29, 1.82) is 0 Å². The summed E-state index contributed by atoms with van der Waals surface area (Å²) in [5, 5.41) is 22.3. The van der Waals surface area contributed by atoms with Crippen LogP contribution >= 0.6 is 0 Å². The summed E-state index contributed by atoms with van der Waals surface area (Å²) in [5.74, 6) is 1.11. The molecule has 4 heteroatoms. The third kappa shape index (κ3) is 4.16. The Morgan fingerprint density at radius 2 is 1.29 bits per heavy atom. The van der Waals surface area contributed by atoms with Crippen LogP contribution in [0.2, 0.25) is 0 Å². The van der Waals surface area contributed by atoms with Gasteiger partial charge in [-0.1, -0.05) is 68.9 Å². The Labute approximate surface area is 184 Å². The third-order valence-electron chi connectivity index (χ3n) is 7.47. The second-order valence-corrected chi connectivity index (χ2v) is 9.49. The molecule has 31 heavy (non-hydrogen) atoms. The zero-order valence-electron chi connectivity index (χ0n) is 18.2. The number of hydrogen-bond donors (Lipinski definition) is 2. The Morgan fingerprint density at radius 3 is 1.97 bits per heavy atom. The number of hydrogen-bond acceptors (Lipinski definition) is 4. The highest BCUT2D eigenvalue weighted by Gasteiger charge is 2.28. The van der Waals surface area contributed by atoms with Gasteiger partial charge in [0.1, 0.15) is 5.52 Å². The number of fused-ring (bicyclic) bond motifs is 1. The van der Waals surface area contributed by atoms with Crippen LogP contribution in [0.25, 0.3) is 22.6 Å². The van der Waals surface area contributed by atoms with Gasteiger partial charge in [-0.2, -0.15) is 0 Å². The van der Waals surface area contributed by atoms with Crippen LogP contribution < -0.4 is 0 Å². The van der Waals surface area contributed by atoms with Crippen molar-refractivity contribution < 1.29 is 14.6 Å². The molecule has 0 spiro atoms. The molecule has 4 nitrogen and oxygen atoms in total. The fourth-order valence-corrected chi connectivity index (χ4v) is 5.68. The zero-order chi connectivity index (χ0) is 21.2. The van der Waals surface area contributed by atoms with Crippen LogP contribution in [0.3, 0.4) is 0 Å². The van der Waals surface area contributed by atoms with Crippen LogP contribution in [0.5, 0.6) is 0 Å². The second kappa shape index (κ2) is 9.13. The zero-order valence-corrected chi connectivity index (χ0v) is 18.2. The molecule has 0 amide bonds. The van der Waals surface area contributed by atoms with E-state index in [2.05, 4.69) is 0 Å². The van der Waals surface area contributed by atoms with Crippen molar-refractivity contribution in [3.05, 3.63) is 53.6 Å². The topological polar surface area (TPSA) is 66.5 Å². The maximum absolute atomic E-state index is 11.2. The SMILES string of the molecule is OC(c1ccccc1-c1nc2cccc(C(O)C3CCCCC3)c2o1)C1CCCCC1. The third-order valence-corrected chi connectivity index (χ3v) is 7.47. The number of oxazole rings is 1. The highest BCUT2D eigenvalue weighted by molar-refractivity contribution is 5.80. The average molecular weight is 420 g/mol. The van der Waals surface area contributed by atoms with Crippen molar-refractivity contribution in [1.82, 2.24) is 4.98 Å². The molecular formula is C27H33NO3. The fourth-order valence-electron chi connectivity index (χ4n) is 5.68. The predicted molar refractivity (Wildman–Crippen MR) is 123 cm³/mol. The lowest BCUT2D eigenvalue weighted by Crippen LogP contribution is -2.16. The average Bonchev–Trinajstić information content (AvgIpc) is 3.28. The number of aliphatic hydroxyl groups is 2. The van der Waals surface area contributed by atoms with Gasteiger partial charge in [-0.25, -0.2) is 4.98 Å². The molecule has 2 N–H and O–H groups in total. The number of para-hydroxylation sites is 1. The summed E-state index contributed by atoms with van der Waals surface area (Å²) in [4.78, 5) is 4.77. The Bertz CT molecular complexity index is 1010. The van der Waals surface area contributed by atoms with Gasteiger partial charge < -0.3 is 14.6 Å². The molecular weight excluding hydrogens is 386 g/mol. The van der Waals surface area contributed by atoms with E-state index in [-0.39, 0.29) is 5.92 Å². The Morgan fingerprint density at radius 1 is 0.710 bits per heavy atom. The van der Waals surface area contributed by atoms with Gasteiger partial charge in [0.2, 0.25) is 5.89 Å². The molecule has 2 unspecified atom stereocenters. The molecule has 2 saturated carbocycles. The summed E-state index contributed by atoms with van der Waals surface area (Å²) in [7, 11) is 0. The fraction of sp³-hybridized carbons (Fsp3) is 0.519. The van der Waals surface area contributed by atoms with Gasteiger partial charge in [-0.15, -0.1) is 0 Å². The molecule has 2 aromatic carbocycles. The molecule has 0 bridgehead atoms. The van der Waals surface area contributed by atoms with Crippen LogP contribution in [0, 0.1) is 11.8 Å². The van der Waals surface area contributed by atoms with E-state index < -0.39 is 12.2 Å². The summed E-state index contributed by atoms with van der Waals surface area (Å²) in [6.45, 7) is 0. The summed E-state index contributed by atoms with van der Waals surface area (Å²) >= 11 is 0. The lowest BCUT2D eigenvalue weighted by molar-refractivity contribution is 0.0847. The molecule has 2 aliphatic carbocycles. The van der Waals surface area contributed by atoms with Crippen LogP contribution in [0.4, 0.5) is 0 Å². The van der Waals surface area contributed by atoms with E-state index in [1.807, 2.05) is 42.5 Å². The normalized spacial score (nSPS) is 20.7. The highest BCUT2D eigenvalue weighted by Crippen LogP contribution is 2.41. The number of benzene rings is 2. The van der Waals surface area contributed by atoms with Crippen molar-refractivity contribution in [2.75, 3.05) is 0 Å². The van der Waals surface area contributed by atoms with Crippen LogP contribution in [-0.4, -0.2) is 15.2 Å². The lowest BCUT2D eigenvalue weighted by atomic mass is 9.81. The van der Waals surface area contributed by atoms with Crippen molar-refractivity contribution in [3.8, 4) is 11.5 Å². The second-order valence-electron chi connectivity index (χ2n) is 9.49. The van der Waals surface area contributed by atoms with Crippen molar-refractivity contribution >= 4 is 11.1 Å². The Hall–Kier alpha value is -2.17. The Balaban J connectivity index is 1.50. The molecule has 3 aromatic rings. The minimum atomic E-state index is -0.520. The van der Waals surface area contributed by atoms with Gasteiger partial charge in [0, 0.05) is 11.1 Å². The highest BCUT2D eigenvalue weighted by atomic mass is 16.4. The van der Waals surface area contributed by atoms with Crippen molar-refractivity contribution in [3.63, 3.8) is 0 Å². The largest absolute Gasteiger partial charge is 0.436 e.